The summed E-state index contributed by atoms with van der Waals surface area (Å²) >= 11 is 26.2. The van der Waals surface area contributed by atoms with E-state index in [4.69, 9.17) is 95.8 Å². The first-order valence-electron chi connectivity index (χ1n) is 37.5. The number of halogens is 2. The highest BCUT2D eigenvalue weighted by Crippen LogP contribution is 2.75. The number of anilines is 3. The summed E-state index contributed by atoms with van der Waals surface area (Å²) in [5.41, 5.74) is 10.5. The van der Waals surface area contributed by atoms with Gasteiger partial charge in [-0.25, -0.2) is 9.36 Å². The van der Waals surface area contributed by atoms with Crippen LogP contribution in [0, 0.1) is 30.6 Å². The molecule has 2 bridgehead atoms. The van der Waals surface area contributed by atoms with E-state index in [2.05, 4.69) is 31.2 Å². The summed E-state index contributed by atoms with van der Waals surface area (Å²) in [6.07, 6.45) is 6.97. The van der Waals surface area contributed by atoms with E-state index in [0.717, 1.165) is 33.2 Å². The predicted octanol–water partition coefficient (Wildman–Crippen LogP) is 6.97. The minimum absolute atomic E-state index is 0.0401. The molecule has 618 valence electrons. The molecule has 0 spiro atoms. The average Bonchev–Trinajstić information content (AvgIpc) is 1.57. The maximum Gasteiger partial charge on any atom is 0.524 e. The fourth-order valence-corrected chi connectivity index (χ4v) is 16.9. The first-order chi connectivity index (χ1) is 54.0. The number of urea groups is 1. The number of primary amides is 1. The van der Waals surface area contributed by atoms with Crippen molar-refractivity contribution in [1.29, 1.82) is 0 Å². The number of rotatable bonds is 44. The minimum atomic E-state index is -4.98. The molecule has 11 rings (SSSR count). The molecule has 0 radical (unpaired) electrons. The highest BCUT2D eigenvalue weighted by molar-refractivity contribution is 8.00. The molecule has 10 N–H and O–H groups in total. The summed E-state index contributed by atoms with van der Waals surface area (Å²) in [4.78, 5) is 141. The lowest BCUT2D eigenvalue weighted by Crippen LogP contribution is -2.73. The fourth-order valence-electron chi connectivity index (χ4n) is 15.0. The van der Waals surface area contributed by atoms with Crippen LogP contribution in [0.2, 0.25) is 0 Å². The van der Waals surface area contributed by atoms with Gasteiger partial charge in [0.05, 0.1) is 124 Å². The van der Waals surface area contributed by atoms with Crippen LogP contribution in [0.4, 0.5) is 21.9 Å². The van der Waals surface area contributed by atoms with E-state index in [9.17, 15) is 47.9 Å². The number of benzene rings is 3. The van der Waals surface area contributed by atoms with Crippen LogP contribution < -0.4 is 46.1 Å². The van der Waals surface area contributed by atoms with E-state index < -0.39 is 54.5 Å². The van der Waals surface area contributed by atoms with Gasteiger partial charge in [-0.15, -0.1) is 23.2 Å². The number of alkyl halides is 2. The molecule has 1 unspecified atom stereocenters. The number of phosphoric ester groups is 1. The topological polar surface area (TPSA) is 399 Å². The number of aromatic nitrogens is 2. The number of fused-ring (bicyclic) bond motifs is 6. The number of carbonyl (C=O) groups is 8. The van der Waals surface area contributed by atoms with Crippen molar-refractivity contribution < 1.29 is 95.1 Å². The lowest BCUT2D eigenvalue weighted by atomic mass is 9.34. The van der Waals surface area contributed by atoms with Crippen LogP contribution in [0.5, 0.6) is 11.5 Å². The molecular formula is C75H101Cl2N12O20PS3. The molecule has 3 aliphatic heterocycles. The highest BCUT2D eigenvalue weighted by Gasteiger charge is 2.76. The average molecular weight is 1690 g/mol. The number of nitrogens with one attached hydrogen (secondary N) is 6. The summed E-state index contributed by atoms with van der Waals surface area (Å²) < 4.78 is 63.0. The van der Waals surface area contributed by atoms with E-state index in [1.165, 1.54) is 22.7 Å². The van der Waals surface area contributed by atoms with Crippen molar-refractivity contribution in [3.8, 4) is 11.5 Å². The van der Waals surface area contributed by atoms with E-state index in [-0.39, 0.29) is 153 Å². The number of aromatic amines is 2. The summed E-state index contributed by atoms with van der Waals surface area (Å²) in [6, 6.07) is 7.38. The number of amides is 9. The Hall–Kier alpha value is -7.48. The Balaban J connectivity index is 0.623. The van der Waals surface area contributed by atoms with E-state index >= 15 is 4.79 Å². The number of ether oxygens (including phenoxy) is 8. The number of nitrogens with zero attached hydrogens (tertiary/aromatic N) is 5. The van der Waals surface area contributed by atoms with Crippen LogP contribution in [0.1, 0.15) is 98.4 Å². The molecule has 9 amide bonds. The maximum atomic E-state index is 15.0. The number of thiocarbonyl (C=S) groups is 2. The van der Waals surface area contributed by atoms with Crippen LogP contribution >= 0.6 is 67.2 Å². The molecule has 3 saturated carbocycles. The van der Waals surface area contributed by atoms with Gasteiger partial charge in [-0.1, -0.05) is 26.0 Å². The Kier molecular flexibility index (Phi) is 31.0. The van der Waals surface area contributed by atoms with Gasteiger partial charge in [0.15, 0.2) is 11.5 Å². The van der Waals surface area contributed by atoms with Gasteiger partial charge in [-0.2, -0.15) is 11.8 Å². The van der Waals surface area contributed by atoms with Gasteiger partial charge in [-0.05, 0) is 123 Å². The third-order valence-electron chi connectivity index (χ3n) is 20.8. The summed E-state index contributed by atoms with van der Waals surface area (Å²) in [6.45, 7) is 12.8. The number of H-pyrrole nitrogens is 2. The number of hydrogen-bond acceptors (Lipinski definition) is 21. The largest absolute Gasteiger partial charge is 0.524 e. The summed E-state index contributed by atoms with van der Waals surface area (Å²) in [5, 5.41) is 12.5. The lowest BCUT2D eigenvalue weighted by Gasteiger charge is -2.69. The number of likely N-dealkylation sites (N-methyl/N-ethyl adjacent to an activating group) is 2. The van der Waals surface area contributed by atoms with E-state index in [1.54, 1.807) is 78.0 Å². The smallest absolute Gasteiger partial charge is 0.466 e. The second-order valence-corrected chi connectivity index (χ2v) is 32.8. The minimum Gasteiger partial charge on any atom is -0.466 e. The summed E-state index contributed by atoms with van der Waals surface area (Å²) in [7, 11) is -1.41. The zero-order chi connectivity index (χ0) is 81.5. The zero-order valence-corrected chi connectivity index (χ0v) is 69.2. The van der Waals surface area contributed by atoms with Crippen LogP contribution in [0.25, 0.3) is 21.8 Å². The molecule has 4 fully saturated rings. The molecule has 32 nitrogen and oxygen atoms in total. The quantitative estimate of drug-likeness (QED) is 0.00625. The van der Waals surface area contributed by atoms with Gasteiger partial charge in [0, 0.05) is 124 Å². The third-order valence-corrected chi connectivity index (χ3v) is 23.8. The van der Waals surface area contributed by atoms with Gasteiger partial charge in [0.1, 0.15) is 18.7 Å². The number of likely N-dealkylation sites (tertiary alicyclic amines) is 1. The number of nitrogens with two attached hydrogens (primary N) is 1. The van der Waals surface area contributed by atoms with Crippen molar-refractivity contribution in [2.24, 2.45) is 22.5 Å². The molecule has 38 heteroatoms. The third kappa shape index (κ3) is 21.6. The number of hydrogen-bond donors (Lipinski definition) is 9. The number of imide groups is 1. The second-order valence-electron chi connectivity index (χ2n) is 29.2. The molecular weight excluding hydrogens is 1590 g/mol. The van der Waals surface area contributed by atoms with Crippen molar-refractivity contribution >= 4 is 164 Å². The zero-order valence-electron chi connectivity index (χ0n) is 64.4. The van der Waals surface area contributed by atoms with Gasteiger partial charge in [0.2, 0.25) is 41.4 Å². The van der Waals surface area contributed by atoms with Gasteiger partial charge < -0.3 is 99.0 Å². The van der Waals surface area contributed by atoms with Crippen molar-refractivity contribution in [2.45, 2.75) is 108 Å². The van der Waals surface area contributed by atoms with E-state index in [0.29, 0.717) is 131 Å². The molecule has 2 aromatic heterocycles. The fraction of sp³-hybridized carbons (Fsp3) is 0.573. The second kappa shape index (κ2) is 39.9. The first-order valence-corrected chi connectivity index (χ1v) is 42.2. The molecule has 113 heavy (non-hydrogen) atoms. The SMILES string of the molecule is CSC1CC(=O)N(CCOCCOCCOCCOCCOCCOCCC(=O)N[C@H](C(=O)N[C@@H](CCCNC(N)=O)C(=O)Nc2ccc(COC(=S)N(C)CCN(C)C(=S)Oc3cc4c(c5c(C)c[nH]c35)[C@H](CCl)CN4C(=O)C34CC(C(=O)N5C[C@@H](CCl)c6c5cc(OP(=O)(O)O)c5[nH]cc(C)c65)(C3)C4)cc2)C(C)C)C1=O. The number of thioether (sulfide) groups is 1. The molecule has 3 aromatic carbocycles. The van der Waals surface area contributed by atoms with Crippen molar-refractivity contribution in [1.82, 2.24) is 40.6 Å². The standard InChI is InChI=1S/C75H101Cl2N12O20PS3/c1-44(2)63(84-57(90)14-19-101-21-23-103-25-27-105-29-30-106-28-26-104-24-22-102-20-18-87-58(91)33-56(113-7)68(87)94)67(93)83-51(9-8-15-79-71(78)97)66(92)82-50-12-10-47(11-13-50)40-107-72(111)85(5)16-17-86(6)73(112)108-54-31-52-61(59-45(3)36-80-64(54)59)48(34-76)38-88(52)69(95)74-41-75(42-74,43-74)70(96)89-39-49(35-77)62-53(89)32-55(109-110(98,99)100)65-60(62)46(4)37-81-65/h10-13,31-32,36-37,44,48-49,51,56,63,80-81H,8-9,14-30,33-35,38-43H2,1-7H3,(H,82,92)(H,83,93)(H,84,90)(H3,78,79,97)(H2,98,99,100)/t48-,49-,51+,56?,63+,74?,75?/m1/s1. The van der Waals surface area contributed by atoms with Crippen LogP contribution in [-0.4, -0.2) is 260 Å². The molecule has 3 aliphatic carbocycles. The Bertz CT molecular complexity index is 4320. The molecule has 6 aliphatic rings. The number of aryl methyl sites for hydroxylation is 2. The van der Waals surface area contributed by atoms with Crippen molar-refractivity contribution in [2.75, 3.05) is 166 Å². The monoisotopic (exact) mass is 1690 g/mol. The first kappa shape index (κ1) is 87.9. The van der Waals surface area contributed by atoms with Crippen LogP contribution in [-0.2, 0) is 77.9 Å². The van der Waals surface area contributed by atoms with Crippen molar-refractivity contribution in [3.63, 3.8) is 0 Å². The van der Waals surface area contributed by atoms with E-state index in [1.807, 2.05) is 32.4 Å². The highest BCUT2D eigenvalue weighted by atomic mass is 35.5. The number of phosphoric acid groups is 1. The van der Waals surface area contributed by atoms with Crippen LogP contribution in [0.15, 0.2) is 48.8 Å². The lowest BCUT2D eigenvalue weighted by molar-refractivity contribution is -0.205. The summed E-state index contributed by atoms with van der Waals surface area (Å²) in [5.74, 6) is -2.24. The Labute approximate surface area is 680 Å². The molecule has 1 saturated heterocycles. The van der Waals surface area contributed by atoms with Crippen LogP contribution in [0.3, 0.4) is 0 Å². The number of carbonyl (C=O) groups excluding carboxylic acids is 8. The van der Waals surface area contributed by atoms with Gasteiger partial charge >= 0.3 is 13.9 Å². The van der Waals surface area contributed by atoms with Crippen molar-refractivity contribution in [3.05, 3.63) is 76.6 Å². The van der Waals surface area contributed by atoms with Gasteiger partial charge in [0.25, 0.3) is 10.3 Å². The molecule has 5 atom stereocenters. The Morgan fingerprint density at radius 1 is 0.717 bits per heavy atom. The van der Waals surface area contributed by atoms with Gasteiger partial charge in [-0.3, -0.25) is 48.2 Å². The predicted molar refractivity (Wildman–Crippen MR) is 434 cm³/mol. The Morgan fingerprint density at radius 2 is 1.21 bits per heavy atom. The molecule has 5 aromatic rings. The molecule has 5 heterocycles. The maximum absolute atomic E-state index is 15.0. The Morgan fingerprint density at radius 3 is 1.70 bits per heavy atom. The normalized spacial score (nSPS) is 19.4.